The Morgan fingerprint density at radius 1 is 1.38 bits per heavy atom. The van der Waals surface area contributed by atoms with Crippen LogP contribution in [0.1, 0.15) is 23.3 Å². The van der Waals surface area contributed by atoms with Crippen LogP contribution in [0.2, 0.25) is 0 Å². The fraction of sp³-hybridized carbons (Fsp3) is 0.533. The average Bonchev–Trinajstić information content (AvgIpc) is 3.30. The van der Waals surface area contributed by atoms with Crippen molar-refractivity contribution in [2.24, 2.45) is 5.92 Å². The molecule has 0 unspecified atom stereocenters. The fourth-order valence-electron chi connectivity index (χ4n) is 3.55. The summed E-state index contributed by atoms with van der Waals surface area (Å²) >= 11 is 1.20. The van der Waals surface area contributed by atoms with Crippen LogP contribution in [0.4, 0.5) is 5.95 Å². The van der Waals surface area contributed by atoms with Crippen LogP contribution in [0.25, 0.3) is 0 Å². The summed E-state index contributed by atoms with van der Waals surface area (Å²) in [6.45, 7) is 1.91. The van der Waals surface area contributed by atoms with Crippen LogP contribution in [0.5, 0.6) is 0 Å². The zero-order valence-corrected chi connectivity index (χ0v) is 13.9. The topological polar surface area (TPSA) is 93.1 Å². The molecule has 126 valence electrons. The molecule has 24 heavy (non-hydrogen) atoms. The molecule has 3 heterocycles. The molecule has 2 aromatic heterocycles. The summed E-state index contributed by atoms with van der Waals surface area (Å²) < 4.78 is 9.78. The van der Waals surface area contributed by atoms with E-state index < -0.39 is 0 Å². The van der Waals surface area contributed by atoms with Gasteiger partial charge in [0.1, 0.15) is 0 Å². The van der Waals surface area contributed by atoms with E-state index in [1.165, 1.54) is 11.5 Å². The van der Waals surface area contributed by atoms with Gasteiger partial charge in [-0.15, -0.1) is 5.10 Å². The van der Waals surface area contributed by atoms with E-state index in [4.69, 9.17) is 4.74 Å². The standard InChI is InChI=1S/C15H18N6O2S/c22-14(11-9-24-20-19-11)21-6-7-23-13-10(2-3-12(13)21)8-18-15-16-4-1-5-17-15/h1,4-5,9-10,12-13H,2-3,6-8H2,(H,16,17,18)/t10-,12+,13+/m0/s1. The minimum absolute atomic E-state index is 0.0398. The highest BCUT2D eigenvalue weighted by Gasteiger charge is 2.44. The highest BCUT2D eigenvalue weighted by Crippen LogP contribution is 2.35. The Bertz CT molecular complexity index is 683. The molecule has 1 saturated heterocycles. The number of nitrogens with one attached hydrogen (secondary N) is 1. The third-order valence-corrected chi connectivity index (χ3v) is 5.15. The second-order valence-corrected chi connectivity index (χ2v) is 6.59. The SMILES string of the molecule is O=C(c1csnn1)N1CCO[C@@H]2[C@H](CNc3ncccn3)CC[C@H]21. The third-order valence-electron chi connectivity index (χ3n) is 4.65. The normalized spacial score (nSPS) is 26.2. The average molecular weight is 346 g/mol. The first-order chi connectivity index (χ1) is 11.8. The lowest BCUT2D eigenvalue weighted by Crippen LogP contribution is -2.53. The van der Waals surface area contributed by atoms with Gasteiger partial charge in [-0.05, 0) is 30.4 Å². The summed E-state index contributed by atoms with van der Waals surface area (Å²) in [7, 11) is 0. The van der Waals surface area contributed by atoms with E-state index in [2.05, 4.69) is 24.9 Å². The molecule has 1 aliphatic carbocycles. The Morgan fingerprint density at radius 2 is 2.25 bits per heavy atom. The summed E-state index contributed by atoms with van der Waals surface area (Å²) in [6.07, 6.45) is 5.42. The van der Waals surface area contributed by atoms with Crippen LogP contribution in [0, 0.1) is 5.92 Å². The van der Waals surface area contributed by atoms with E-state index in [0.29, 0.717) is 30.7 Å². The maximum atomic E-state index is 12.6. The van der Waals surface area contributed by atoms with Gasteiger partial charge in [0, 0.05) is 36.8 Å². The van der Waals surface area contributed by atoms with Crippen LogP contribution < -0.4 is 5.32 Å². The van der Waals surface area contributed by atoms with Gasteiger partial charge in [0.2, 0.25) is 5.95 Å². The molecule has 1 saturated carbocycles. The highest BCUT2D eigenvalue weighted by atomic mass is 32.1. The molecular formula is C15H18N6O2S. The van der Waals surface area contributed by atoms with Crippen molar-refractivity contribution in [1.29, 1.82) is 0 Å². The van der Waals surface area contributed by atoms with E-state index in [9.17, 15) is 4.79 Å². The highest BCUT2D eigenvalue weighted by molar-refractivity contribution is 7.03. The molecule has 0 radical (unpaired) electrons. The first-order valence-electron chi connectivity index (χ1n) is 8.03. The van der Waals surface area contributed by atoms with Crippen LogP contribution in [-0.2, 0) is 4.74 Å². The molecule has 1 amide bonds. The van der Waals surface area contributed by atoms with Gasteiger partial charge in [-0.3, -0.25) is 4.79 Å². The van der Waals surface area contributed by atoms with Crippen LogP contribution in [0.15, 0.2) is 23.8 Å². The summed E-state index contributed by atoms with van der Waals surface area (Å²) in [4.78, 5) is 22.9. The number of ether oxygens (including phenoxy) is 1. The molecule has 2 aromatic rings. The largest absolute Gasteiger partial charge is 0.374 e. The Labute approximate surface area is 143 Å². The third kappa shape index (κ3) is 2.96. The van der Waals surface area contributed by atoms with E-state index in [1.54, 1.807) is 23.8 Å². The fourth-order valence-corrected chi connectivity index (χ4v) is 3.98. The minimum Gasteiger partial charge on any atom is -0.374 e. The number of anilines is 1. The van der Waals surface area contributed by atoms with Crippen LogP contribution >= 0.6 is 11.5 Å². The number of hydrogen-bond acceptors (Lipinski definition) is 8. The monoisotopic (exact) mass is 346 g/mol. The van der Waals surface area contributed by atoms with E-state index >= 15 is 0 Å². The Kier molecular flexibility index (Phi) is 4.35. The van der Waals surface area contributed by atoms with E-state index in [1.807, 2.05) is 4.90 Å². The Morgan fingerprint density at radius 3 is 3.04 bits per heavy atom. The van der Waals surface area contributed by atoms with Gasteiger partial charge < -0.3 is 15.0 Å². The van der Waals surface area contributed by atoms with Gasteiger partial charge in [0.25, 0.3) is 5.91 Å². The maximum absolute atomic E-state index is 12.6. The molecule has 8 nitrogen and oxygen atoms in total. The second kappa shape index (κ2) is 6.78. The number of nitrogens with zero attached hydrogens (tertiary/aromatic N) is 5. The summed E-state index contributed by atoms with van der Waals surface area (Å²) in [5, 5.41) is 8.88. The zero-order valence-electron chi connectivity index (χ0n) is 13.0. The van der Waals surface area contributed by atoms with Gasteiger partial charge in [-0.1, -0.05) is 4.49 Å². The predicted molar refractivity (Wildman–Crippen MR) is 87.7 cm³/mol. The van der Waals surface area contributed by atoms with Crippen molar-refractivity contribution in [1.82, 2.24) is 24.5 Å². The van der Waals surface area contributed by atoms with Crippen LogP contribution in [-0.4, -0.2) is 62.2 Å². The van der Waals surface area contributed by atoms with E-state index in [-0.39, 0.29) is 18.1 Å². The number of fused-ring (bicyclic) bond motifs is 1. The number of morpholine rings is 1. The van der Waals surface area contributed by atoms with Crippen molar-refractivity contribution in [2.45, 2.75) is 25.0 Å². The molecule has 1 aliphatic heterocycles. The molecule has 2 fully saturated rings. The molecule has 4 rings (SSSR count). The van der Waals surface area contributed by atoms with E-state index in [0.717, 1.165) is 19.4 Å². The number of carbonyl (C=O) groups is 1. The summed E-state index contributed by atoms with van der Waals surface area (Å²) in [5.74, 6) is 0.920. The van der Waals surface area contributed by atoms with Crippen molar-refractivity contribution in [3.05, 3.63) is 29.5 Å². The molecule has 1 N–H and O–H groups in total. The first-order valence-corrected chi connectivity index (χ1v) is 8.87. The first kappa shape index (κ1) is 15.4. The Hall–Kier alpha value is -2.13. The number of hydrogen-bond donors (Lipinski definition) is 1. The molecule has 0 aromatic carbocycles. The van der Waals surface area contributed by atoms with Gasteiger partial charge in [0.05, 0.1) is 18.8 Å². The second-order valence-electron chi connectivity index (χ2n) is 5.98. The van der Waals surface area contributed by atoms with Gasteiger partial charge >= 0.3 is 0 Å². The van der Waals surface area contributed by atoms with Crippen molar-refractivity contribution in [2.75, 3.05) is 25.0 Å². The number of amides is 1. The molecule has 9 heteroatoms. The van der Waals surface area contributed by atoms with Gasteiger partial charge in [-0.2, -0.15) is 0 Å². The molecule has 0 bridgehead atoms. The lowest BCUT2D eigenvalue weighted by Gasteiger charge is -2.39. The van der Waals surface area contributed by atoms with Crippen LogP contribution in [0.3, 0.4) is 0 Å². The summed E-state index contributed by atoms with van der Waals surface area (Å²) in [5.41, 5.74) is 0.430. The van der Waals surface area contributed by atoms with Crippen molar-refractivity contribution in [3.8, 4) is 0 Å². The lowest BCUT2D eigenvalue weighted by molar-refractivity contribution is -0.0603. The summed E-state index contributed by atoms with van der Waals surface area (Å²) in [6, 6.07) is 1.90. The molecule has 3 atom stereocenters. The molecule has 2 aliphatic rings. The maximum Gasteiger partial charge on any atom is 0.275 e. The quantitative estimate of drug-likeness (QED) is 0.885. The van der Waals surface area contributed by atoms with Crippen molar-refractivity contribution >= 4 is 23.4 Å². The molecular weight excluding hydrogens is 328 g/mol. The van der Waals surface area contributed by atoms with Gasteiger partial charge in [-0.25, -0.2) is 9.97 Å². The lowest BCUT2D eigenvalue weighted by atomic mass is 10.0. The number of rotatable bonds is 4. The Balaban J connectivity index is 1.42. The predicted octanol–water partition coefficient (Wildman–Crippen LogP) is 1.06. The van der Waals surface area contributed by atoms with Crippen molar-refractivity contribution in [3.63, 3.8) is 0 Å². The smallest absolute Gasteiger partial charge is 0.275 e. The number of aromatic nitrogens is 4. The number of carbonyl (C=O) groups excluding carboxylic acids is 1. The molecule has 0 spiro atoms. The minimum atomic E-state index is -0.0398. The van der Waals surface area contributed by atoms with Crippen molar-refractivity contribution < 1.29 is 9.53 Å². The van der Waals surface area contributed by atoms with Gasteiger partial charge in [0.15, 0.2) is 5.69 Å². The zero-order chi connectivity index (χ0) is 16.4.